The first-order chi connectivity index (χ1) is 9.60. The highest BCUT2D eigenvalue weighted by molar-refractivity contribution is 6.31. The molecular weight excluding hydrogens is 296 g/mol. The molecule has 0 saturated carbocycles. The van der Waals surface area contributed by atoms with E-state index in [-0.39, 0.29) is 11.9 Å². The molecule has 4 heteroatoms. The Morgan fingerprint density at radius 1 is 1.05 bits per heavy atom. The average molecular weight is 312 g/mol. The van der Waals surface area contributed by atoms with Crippen LogP contribution in [0.2, 0.25) is 10.0 Å². The van der Waals surface area contributed by atoms with Gasteiger partial charge in [-0.2, -0.15) is 0 Å². The van der Waals surface area contributed by atoms with Crippen molar-refractivity contribution in [1.29, 1.82) is 0 Å². The first-order valence-corrected chi connectivity index (χ1v) is 7.20. The largest absolute Gasteiger partial charge is 0.316 e. The van der Waals surface area contributed by atoms with Crippen LogP contribution in [0.5, 0.6) is 0 Å². The van der Waals surface area contributed by atoms with Gasteiger partial charge in [0.1, 0.15) is 5.82 Å². The van der Waals surface area contributed by atoms with Crippen LogP contribution in [0.15, 0.2) is 42.5 Å². The normalized spacial score (nSPS) is 12.4. The Hall–Kier alpha value is -1.09. The minimum absolute atomic E-state index is 0.0999. The topological polar surface area (TPSA) is 12.0 Å². The molecule has 0 saturated heterocycles. The van der Waals surface area contributed by atoms with Crippen molar-refractivity contribution >= 4 is 23.2 Å². The molecule has 0 bridgehead atoms. The maximum absolute atomic E-state index is 13.8. The van der Waals surface area contributed by atoms with Crippen LogP contribution in [0.1, 0.15) is 11.1 Å². The lowest BCUT2D eigenvalue weighted by atomic mass is 9.99. The molecule has 20 heavy (non-hydrogen) atoms. The molecule has 1 nitrogen and oxygen atoms in total. The lowest BCUT2D eigenvalue weighted by Crippen LogP contribution is -2.30. The molecule has 0 aliphatic rings. The van der Waals surface area contributed by atoms with Gasteiger partial charge in [-0.15, -0.1) is 0 Å². The van der Waals surface area contributed by atoms with Gasteiger partial charge < -0.3 is 5.32 Å². The highest BCUT2D eigenvalue weighted by Gasteiger charge is 2.13. The summed E-state index contributed by atoms with van der Waals surface area (Å²) in [6.07, 6.45) is 1.30. The molecule has 2 rings (SSSR count). The highest BCUT2D eigenvalue weighted by Crippen LogP contribution is 2.20. The minimum atomic E-state index is -0.228. The number of nitrogens with one attached hydrogen (secondary N) is 1. The van der Waals surface area contributed by atoms with Crippen molar-refractivity contribution in [3.8, 4) is 0 Å². The SMILES string of the molecule is CNC(Cc1cc(Cl)ccc1F)Cc1ccccc1Cl. The monoisotopic (exact) mass is 311 g/mol. The standard InChI is InChI=1S/C16H16Cl2FN/c1-20-14(9-11-4-2-3-5-15(11)18)10-12-8-13(17)6-7-16(12)19/h2-8,14,20H,9-10H2,1H3. The third kappa shape index (κ3) is 3.95. The summed E-state index contributed by atoms with van der Waals surface area (Å²) in [6, 6.07) is 12.4. The van der Waals surface area contributed by atoms with E-state index in [9.17, 15) is 4.39 Å². The van der Waals surface area contributed by atoms with Crippen molar-refractivity contribution in [2.45, 2.75) is 18.9 Å². The van der Waals surface area contributed by atoms with E-state index in [0.29, 0.717) is 17.0 Å². The van der Waals surface area contributed by atoms with Gasteiger partial charge in [-0.3, -0.25) is 0 Å². The van der Waals surface area contributed by atoms with Crippen LogP contribution in [0.25, 0.3) is 0 Å². The molecule has 0 radical (unpaired) electrons. The molecule has 1 unspecified atom stereocenters. The van der Waals surface area contributed by atoms with Crippen LogP contribution < -0.4 is 5.32 Å². The molecule has 1 N–H and O–H groups in total. The smallest absolute Gasteiger partial charge is 0.126 e. The molecule has 2 aromatic rings. The molecule has 0 aromatic heterocycles. The van der Waals surface area contributed by atoms with Crippen LogP contribution in [0, 0.1) is 5.82 Å². The van der Waals surface area contributed by atoms with Gasteiger partial charge in [-0.1, -0.05) is 41.4 Å². The van der Waals surface area contributed by atoms with Crippen LogP contribution >= 0.6 is 23.2 Å². The van der Waals surface area contributed by atoms with Crippen molar-refractivity contribution in [2.75, 3.05) is 7.05 Å². The second-order valence-corrected chi connectivity index (χ2v) is 5.56. The van der Waals surface area contributed by atoms with Gasteiger partial charge in [0.2, 0.25) is 0 Å². The number of hydrogen-bond acceptors (Lipinski definition) is 1. The molecule has 1 atom stereocenters. The summed E-state index contributed by atoms with van der Waals surface area (Å²) < 4.78 is 13.8. The van der Waals surface area contributed by atoms with Crippen LogP contribution in [-0.4, -0.2) is 13.1 Å². The van der Waals surface area contributed by atoms with E-state index in [1.807, 2.05) is 31.3 Å². The number of hydrogen-bond donors (Lipinski definition) is 1. The van der Waals surface area contributed by atoms with Gasteiger partial charge in [0.05, 0.1) is 0 Å². The minimum Gasteiger partial charge on any atom is -0.316 e. The van der Waals surface area contributed by atoms with Crippen molar-refractivity contribution in [1.82, 2.24) is 5.32 Å². The van der Waals surface area contributed by atoms with Crippen molar-refractivity contribution in [3.63, 3.8) is 0 Å². The van der Waals surface area contributed by atoms with Crippen LogP contribution in [0.3, 0.4) is 0 Å². The van der Waals surface area contributed by atoms with Gasteiger partial charge in [0, 0.05) is 16.1 Å². The Kier molecular flexibility index (Phi) is 5.41. The van der Waals surface area contributed by atoms with E-state index in [4.69, 9.17) is 23.2 Å². The lowest BCUT2D eigenvalue weighted by molar-refractivity contribution is 0.532. The predicted molar refractivity (Wildman–Crippen MR) is 83.1 cm³/mol. The number of rotatable bonds is 5. The fourth-order valence-corrected chi connectivity index (χ4v) is 2.58. The summed E-state index contributed by atoms with van der Waals surface area (Å²) >= 11 is 12.1. The Labute approximate surface area is 128 Å². The Morgan fingerprint density at radius 2 is 1.75 bits per heavy atom. The molecular formula is C16H16Cl2FN. The second-order valence-electron chi connectivity index (χ2n) is 4.72. The zero-order valence-electron chi connectivity index (χ0n) is 11.2. The molecule has 0 aliphatic heterocycles. The fourth-order valence-electron chi connectivity index (χ4n) is 2.17. The fraction of sp³-hybridized carbons (Fsp3) is 0.250. The Bertz CT molecular complexity index is 586. The van der Waals surface area contributed by atoms with Gasteiger partial charge in [-0.05, 0) is 55.3 Å². The van der Waals surface area contributed by atoms with Crippen molar-refractivity contribution < 1.29 is 4.39 Å². The average Bonchev–Trinajstić information content (AvgIpc) is 2.44. The number of likely N-dealkylation sites (N-methyl/N-ethyl adjacent to an activating group) is 1. The molecule has 0 aliphatic carbocycles. The maximum atomic E-state index is 13.8. The van der Waals surface area contributed by atoms with Gasteiger partial charge in [0.15, 0.2) is 0 Å². The molecule has 2 aromatic carbocycles. The lowest BCUT2D eigenvalue weighted by Gasteiger charge is -2.17. The van der Waals surface area contributed by atoms with Crippen LogP contribution in [-0.2, 0) is 12.8 Å². The number of benzene rings is 2. The van der Waals surface area contributed by atoms with Crippen molar-refractivity contribution in [2.24, 2.45) is 0 Å². The van der Waals surface area contributed by atoms with Crippen LogP contribution in [0.4, 0.5) is 4.39 Å². The predicted octanol–water partition coefficient (Wildman–Crippen LogP) is 4.51. The number of halogens is 3. The highest BCUT2D eigenvalue weighted by atomic mass is 35.5. The Morgan fingerprint density at radius 3 is 2.45 bits per heavy atom. The third-order valence-corrected chi connectivity index (χ3v) is 3.91. The summed E-state index contributed by atoms with van der Waals surface area (Å²) in [5, 5.41) is 4.49. The third-order valence-electron chi connectivity index (χ3n) is 3.31. The summed E-state index contributed by atoms with van der Waals surface area (Å²) in [5.41, 5.74) is 1.67. The molecule has 0 heterocycles. The Balaban J connectivity index is 2.13. The summed E-state index contributed by atoms with van der Waals surface area (Å²) in [6.45, 7) is 0. The van der Waals surface area contributed by atoms with E-state index < -0.39 is 0 Å². The summed E-state index contributed by atoms with van der Waals surface area (Å²) in [5.74, 6) is -0.228. The van der Waals surface area contributed by atoms with E-state index in [1.165, 1.54) is 6.07 Å². The second kappa shape index (κ2) is 7.07. The molecule has 0 fully saturated rings. The first-order valence-electron chi connectivity index (χ1n) is 6.44. The zero-order valence-corrected chi connectivity index (χ0v) is 12.7. The zero-order chi connectivity index (χ0) is 14.5. The van der Waals surface area contributed by atoms with Gasteiger partial charge in [-0.25, -0.2) is 4.39 Å². The van der Waals surface area contributed by atoms with E-state index in [0.717, 1.165) is 17.0 Å². The van der Waals surface area contributed by atoms with E-state index in [2.05, 4.69) is 5.32 Å². The first kappa shape index (κ1) is 15.3. The molecule has 106 valence electrons. The van der Waals surface area contributed by atoms with Gasteiger partial charge >= 0.3 is 0 Å². The molecule has 0 spiro atoms. The van der Waals surface area contributed by atoms with Crippen molar-refractivity contribution in [3.05, 3.63) is 69.5 Å². The van der Waals surface area contributed by atoms with E-state index in [1.54, 1.807) is 12.1 Å². The summed E-state index contributed by atoms with van der Waals surface area (Å²) in [4.78, 5) is 0. The quantitative estimate of drug-likeness (QED) is 0.857. The molecule has 0 amide bonds. The maximum Gasteiger partial charge on any atom is 0.126 e. The van der Waals surface area contributed by atoms with E-state index >= 15 is 0 Å². The summed E-state index contributed by atoms with van der Waals surface area (Å²) in [7, 11) is 1.87. The van der Waals surface area contributed by atoms with Gasteiger partial charge in [0.25, 0.3) is 0 Å².